The summed E-state index contributed by atoms with van der Waals surface area (Å²) in [6, 6.07) is 0. The second-order valence-electron chi connectivity index (χ2n) is 13.8. The Morgan fingerprint density at radius 2 is 1.00 bits per heavy atom. The summed E-state index contributed by atoms with van der Waals surface area (Å²) in [5, 5.41) is 0. The van der Waals surface area contributed by atoms with Crippen molar-refractivity contribution >= 4 is 41.6 Å². The molecule has 0 saturated carbocycles. The van der Waals surface area contributed by atoms with Crippen LogP contribution in [0.2, 0.25) is 98.2 Å². The fourth-order valence-corrected chi connectivity index (χ4v) is 8.26. The van der Waals surface area contributed by atoms with Gasteiger partial charge in [-0.3, -0.25) is 0 Å². The van der Waals surface area contributed by atoms with Crippen LogP contribution >= 0.6 is 0 Å². The van der Waals surface area contributed by atoms with Crippen molar-refractivity contribution in [3.05, 3.63) is 0 Å². The third-order valence-corrected chi connectivity index (χ3v) is 9.15. The van der Waals surface area contributed by atoms with Crippen molar-refractivity contribution in [1.82, 2.24) is 0 Å². The molecule has 0 unspecified atom stereocenters. The van der Waals surface area contributed by atoms with Gasteiger partial charge in [-0.15, -0.1) is 0 Å². The topological polar surface area (TPSA) is 55.4 Å². The largest absolute Gasteiger partial charge is 0.415 e. The Balaban J connectivity index is 3.41. The lowest BCUT2D eigenvalue weighted by molar-refractivity contribution is -0.134. The Hall–Kier alpha value is 0.844. The van der Waals surface area contributed by atoms with Crippen molar-refractivity contribution in [2.45, 2.75) is 129 Å². The number of hydrogen-bond donors (Lipinski definition) is 0. The Morgan fingerprint density at radius 1 is 0.562 bits per heavy atom. The van der Waals surface area contributed by atoms with E-state index in [0.717, 1.165) is 0 Å². The molecule has 0 amide bonds. The zero-order chi connectivity index (χ0) is 25.3. The van der Waals surface area contributed by atoms with Crippen LogP contribution in [-0.2, 0) is 26.9 Å². The normalized spacial score (nSPS) is 27.1. The lowest BCUT2D eigenvalue weighted by Gasteiger charge is -2.38. The summed E-state index contributed by atoms with van der Waals surface area (Å²) in [5.74, 6) is 0. The summed E-state index contributed by atoms with van der Waals surface area (Å²) in [6.45, 7) is 33.6. The molecule has 1 heterocycles. The molecule has 1 aliphatic heterocycles. The molecule has 0 radical (unpaired) electrons. The van der Waals surface area contributed by atoms with Gasteiger partial charge in [-0.25, -0.2) is 0 Å². The standard InChI is InChI=1S/C21H52O6Si5/c1-28(2,3)22-16-17(24-29(4,5)6)18-19(25-30(7,8)9)20(26-31(10,11)12)21(23-18)27-32(13,14)15/h17-21H,16H2,1-15H3/t17-,18-,19-,20+,21+/m0/s1. The molecular weight excluding hydrogens is 489 g/mol. The van der Waals surface area contributed by atoms with Gasteiger partial charge in [0.15, 0.2) is 47.9 Å². The Morgan fingerprint density at radius 3 is 1.38 bits per heavy atom. The second kappa shape index (κ2) is 10.8. The van der Waals surface area contributed by atoms with Gasteiger partial charge in [-0.1, -0.05) is 0 Å². The van der Waals surface area contributed by atoms with Crippen LogP contribution in [0, 0.1) is 0 Å². The van der Waals surface area contributed by atoms with E-state index >= 15 is 0 Å². The van der Waals surface area contributed by atoms with Crippen LogP contribution in [0.25, 0.3) is 0 Å². The van der Waals surface area contributed by atoms with Crippen LogP contribution in [0.15, 0.2) is 0 Å². The summed E-state index contributed by atoms with van der Waals surface area (Å²) in [4.78, 5) is 0. The summed E-state index contributed by atoms with van der Waals surface area (Å²) in [5.41, 5.74) is 0. The summed E-state index contributed by atoms with van der Waals surface area (Å²) < 4.78 is 39.7. The van der Waals surface area contributed by atoms with E-state index in [4.69, 9.17) is 26.9 Å². The van der Waals surface area contributed by atoms with Gasteiger partial charge in [0, 0.05) is 0 Å². The zero-order valence-electron chi connectivity index (χ0n) is 23.5. The van der Waals surface area contributed by atoms with E-state index < -0.39 is 47.9 Å². The first-order chi connectivity index (χ1) is 14.0. The highest BCUT2D eigenvalue weighted by Crippen LogP contribution is 2.36. The number of hydrogen-bond acceptors (Lipinski definition) is 6. The van der Waals surface area contributed by atoms with Gasteiger partial charge in [-0.05, 0) is 98.2 Å². The first-order valence-electron chi connectivity index (χ1n) is 12.0. The first kappa shape index (κ1) is 30.9. The number of ether oxygens (including phenoxy) is 1. The van der Waals surface area contributed by atoms with E-state index in [0.29, 0.717) is 6.61 Å². The lowest BCUT2D eigenvalue weighted by atomic mass is 10.1. The molecule has 0 spiro atoms. The molecule has 0 aromatic heterocycles. The summed E-state index contributed by atoms with van der Waals surface area (Å²) in [6.07, 6.45) is -1.43. The SMILES string of the molecule is C[Si](C)(C)OC[C@H](O[Si](C)(C)C)[C@@H]1O[C@H](O[Si](C)(C)C)[C@H](O[Si](C)(C)C)[C@H]1O[Si](C)(C)C. The quantitative estimate of drug-likeness (QED) is 0.280. The second-order valence-corrected chi connectivity index (χ2v) is 36.1. The lowest BCUT2D eigenvalue weighted by Crippen LogP contribution is -2.53. The number of rotatable bonds is 12. The van der Waals surface area contributed by atoms with E-state index in [-0.39, 0.29) is 24.4 Å². The Labute approximate surface area is 203 Å². The van der Waals surface area contributed by atoms with Crippen molar-refractivity contribution in [3.8, 4) is 0 Å². The molecule has 192 valence electrons. The third-order valence-electron chi connectivity index (χ3n) is 4.21. The van der Waals surface area contributed by atoms with Crippen LogP contribution in [0.4, 0.5) is 0 Å². The molecule has 0 N–H and O–H groups in total. The van der Waals surface area contributed by atoms with Crippen molar-refractivity contribution in [3.63, 3.8) is 0 Å². The van der Waals surface area contributed by atoms with E-state index in [2.05, 4.69) is 98.2 Å². The molecule has 1 rings (SSSR count). The van der Waals surface area contributed by atoms with Crippen LogP contribution in [0.3, 0.4) is 0 Å². The maximum Gasteiger partial charge on any atom is 0.187 e. The zero-order valence-corrected chi connectivity index (χ0v) is 28.5. The maximum atomic E-state index is 6.78. The van der Waals surface area contributed by atoms with E-state index in [9.17, 15) is 0 Å². The molecule has 5 atom stereocenters. The van der Waals surface area contributed by atoms with E-state index in [1.807, 2.05) is 0 Å². The monoisotopic (exact) mass is 540 g/mol. The molecule has 1 aliphatic rings. The highest BCUT2D eigenvalue weighted by molar-refractivity contribution is 6.71. The molecule has 11 heteroatoms. The summed E-state index contributed by atoms with van der Waals surface area (Å²) in [7, 11) is -9.25. The molecular formula is C21H52O6Si5. The molecule has 1 fully saturated rings. The molecule has 0 aromatic rings. The van der Waals surface area contributed by atoms with Gasteiger partial charge < -0.3 is 26.9 Å². The van der Waals surface area contributed by atoms with Crippen LogP contribution in [-0.4, -0.2) is 78.9 Å². The van der Waals surface area contributed by atoms with Crippen LogP contribution in [0.5, 0.6) is 0 Å². The molecule has 0 aliphatic carbocycles. The van der Waals surface area contributed by atoms with Crippen molar-refractivity contribution in [2.75, 3.05) is 6.61 Å². The predicted molar refractivity (Wildman–Crippen MR) is 147 cm³/mol. The van der Waals surface area contributed by atoms with Crippen LogP contribution < -0.4 is 0 Å². The smallest absolute Gasteiger partial charge is 0.187 e. The van der Waals surface area contributed by atoms with Gasteiger partial charge in [0.1, 0.15) is 18.3 Å². The minimum atomic E-state index is -1.90. The average molecular weight is 541 g/mol. The van der Waals surface area contributed by atoms with Crippen molar-refractivity contribution in [1.29, 1.82) is 0 Å². The van der Waals surface area contributed by atoms with Gasteiger partial charge in [0.05, 0.1) is 12.7 Å². The minimum absolute atomic E-state index is 0.210. The van der Waals surface area contributed by atoms with E-state index in [1.54, 1.807) is 0 Å². The molecule has 6 nitrogen and oxygen atoms in total. The van der Waals surface area contributed by atoms with E-state index in [1.165, 1.54) is 0 Å². The van der Waals surface area contributed by atoms with Gasteiger partial charge in [0.25, 0.3) is 0 Å². The predicted octanol–water partition coefficient (Wildman–Crippen LogP) is 6.07. The average Bonchev–Trinajstić information content (AvgIpc) is 2.74. The molecule has 1 saturated heterocycles. The van der Waals surface area contributed by atoms with Gasteiger partial charge >= 0.3 is 0 Å². The summed E-state index contributed by atoms with van der Waals surface area (Å²) >= 11 is 0. The fourth-order valence-electron chi connectivity index (χ4n) is 3.45. The van der Waals surface area contributed by atoms with Crippen molar-refractivity contribution in [2.24, 2.45) is 0 Å². The van der Waals surface area contributed by atoms with Crippen LogP contribution in [0.1, 0.15) is 0 Å². The Bertz CT molecular complexity index is 586. The van der Waals surface area contributed by atoms with Gasteiger partial charge in [0.2, 0.25) is 0 Å². The Kier molecular flexibility index (Phi) is 10.5. The first-order valence-corrected chi connectivity index (χ1v) is 29.0. The highest BCUT2D eigenvalue weighted by Gasteiger charge is 2.54. The molecule has 0 aromatic carbocycles. The molecule has 0 bridgehead atoms. The minimum Gasteiger partial charge on any atom is -0.415 e. The highest BCUT2D eigenvalue weighted by atomic mass is 28.4. The van der Waals surface area contributed by atoms with Gasteiger partial charge in [-0.2, -0.15) is 0 Å². The maximum absolute atomic E-state index is 6.78. The fraction of sp³-hybridized carbons (Fsp3) is 1.00. The molecule has 32 heavy (non-hydrogen) atoms. The van der Waals surface area contributed by atoms with Crippen molar-refractivity contribution < 1.29 is 26.9 Å². The third kappa shape index (κ3) is 12.5.